The first-order chi connectivity index (χ1) is 12.0. The fraction of sp³-hybridized carbons (Fsp3) is 0.444. The summed E-state index contributed by atoms with van der Waals surface area (Å²) < 4.78 is 5.44. The first-order valence-corrected chi connectivity index (χ1v) is 9.12. The van der Waals surface area contributed by atoms with Crippen molar-refractivity contribution in [1.82, 2.24) is 9.80 Å². The normalized spacial score (nSPS) is 21.1. The minimum Gasteiger partial charge on any atom is -0.368 e. The Morgan fingerprint density at radius 3 is 2.48 bits per heavy atom. The zero-order valence-electron chi connectivity index (χ0n) is 13.8. The van der Waals surface area contributed by atoms with Crippen molar-refractivity contribution >= 4 is 41.1 Å². The van der Waals surface area contributed by atoms with Crippen LogP contribution >= 0.6 is 23.2 Å². The molecule has 0 aliphatic carbocycles. The molecular weight excluding hydrogens is 363 g/mol. The first kappa shape index (κ1) is 18.2. The van der Waals surface area contributed by atoms with Crippen LogP contribution in [0.25, 0.3) is 6.08 Å². The van der Waals surface area contributed by atoms with E-state index in [1.807, 2.05) is 0 Å². The summed E-state index contributed by atoms with van der Waals surface area (Å²) in [4.78, 5) is 28.2. The molecule has 25 heavy (non-hydrogen) atoms. The van der Waals surface area contributed by atoms with E-state index in [4.69, 9.17) is 27.9 Å². The van der Waals surface area contributed by atoms with Crippen molar-refractivity contribution < 1.29 is 14.3 Å². The maximum Gasteiger partial charge on any atom is 0.251 e. The van der Waals surface area contributed by atoms with Crippen LogP contribution in [0.2, 0.25) is 10.0 Å². The number of nitrogens with zero attached hydrogens (tertiary/aromatic N) is 2. The number of ether oxygens (including phenoxy) is 1. The third kappa shape index (κ3) is 4.54. The molecule has 2 fully saturated rings. The zero-order chi connectivity index (χ0) is 17.8. The Hall–Kier alpha value is -1.56. The number of halogens is 2. The Kier molecular flexibility index (Phi) is 5.99. The van der Waals surface area contributed by atoms with Gasteiger partial charge in [-0.05, 0) is 36.6 Å². The first-order valence-electron chi connectivity index (χ1n) is 8.37. The lowest BCUT2D eigenvalue weighted by Gasteiger charge is -2.35. The van der Waals surface area contributed by atoms with Crippen molar-refractivity contribution in [2.24, 2.45) is 0 Å². The maximum absolute atomic E-state index is 12.3. The van der Waals surface area contributed by atoms with Crippen LogP contribution in [0.15, 0.2) is 24.3 Å². The molecule has 0 saturated carbocycles. The summed E-state index contributed by atoms with van der Waals surface area (Å²) >= 11 is 12.0. The SMILES string of the molecule is O=C(/C=C/c1ccc(Cl)cc1Cl)N1CCN(C(=O)C2CCCO2)CC1. The number of piperazine rings is 1. The molecule has 2 saturated heterocycles. The summed E-state index contributed by atoms with van der Waals surface area (Å²) in [6.45, 7) is 2.79. The summed E-state index contributed by atoms with van der Waals surface area (Å²) in [7, 11) is 0. The fourth-order valence-corrected chi connectivity index (χ4v) is 3.50. The molecule has 2 aliphatic rings. The number of benzene rings is 1. The van der Waals surface area contributed by atoms with E-state index in [1.165, 1.54) is 6.08 Å². The molecule has 5 nitrogen and oxygen atoms in total. The number of carbonyl (C=O) groups is 2. The predicted octanol–water partition coefficient (Wildman–Crippen LogP) is 2.86. The molecule has 0 bridgehead atoms. The van der Waals surface area contributed by atoms with Gasteiger partial charge in [-0.15, -0.1) is 0 Å². The van der Waals surface area contributed by atoms with Gasteiger partial charge in [-0.2, -0.15) is 0 Å². The molecule has 7 heteroatoms. The monoisotopic (exact) mass is 382 g/mol. The van der Waals surface area contributed by atoms with E-state index in [-0.39, 0.29) is 17.9 Å². The van der Waals surface area contributed by atoms with Crippen molar-refractivity contribution in [3.05, 3.63) is 39.9 Å². The van der Waals surface area contributed by atoms with Gasteiger partial charge in [0.1, 0.15) is 6.10 Å². The quantitative estimate of drug-likeness (QED) is 0.755. The van der Waals surface area contributed by atoms with Crippen LogP contribution < -0.4 is 0 Å². The van der Waals surface area contributed by atoms with E-state index >= 15 is 0 Å². The van der Waals surface area contributed by atoms with Crippen molar-refractivity contribution in [1.29, 1.82) is 0 Å². The third-order valence-corrected chi connectivity index (χ3v) is 5.04. The highest BCUT2D eigenvalue weighted by atomic mass is 35.5. The molecule has 0 spiro atoms. The van der Waals surface area contributed by atoms with Gasteiger partial charge < -0.3 is 14.5 Å². The molecule has 2 heterocycles. The van der Waals surface area contributed by atoms with Gasteiger partial charge in [-0.3, -0.25) is 9.59 Å². The number of carbonyl (C=O) groups excluding carboxylic acids is 2. The molecule has 0 N–H and O–H groups in total. The molecule has 3 rings (SSSR count). The van der Waals surface area contributed by atoms with Crippen LogP contribution in [0.5, 0.6) is 0 Å². The van der Waals surface area contributed by atoms with Crippen LogP contribution in [0.1, 0.15) is 18.4 Å². The molecule has 2 amide bonds. The lowest BCUT2D eigenvalue weighted by Crippen LogP contribution is -2.52. The Morgan fingerprint density at radius 1 is 1.12 bits per heavy atom. The van der Waals surface area contributed by atoms with Crippen LogP contribution in [0.3, 0.4) is 0 Å². The Bertz CT molecular complexity index is 679. The second kappa shape index (κ2) is 8.21. The van der Waals surface area contributed by atoms with Gasteiger partial charge in [0.05, 0.1) is 0 Å². The van der Waals surface area contributed by atoms with Crippen molar-refractivity contribution in [2.45, 2.75) is 18.9 Å². The standard InChI is InChI=1S/C18H20Cl2N2O3/c19-14-5-3-13(15(20)12-14)4-6-17(23)21-7-9-22(10-8-21)18(24)16-2-1-11-25-16/h3-6,12,16H,1-2,7-11H2/b6-4+. The number of hydrogen-bond donors (Lipinski definition) is 0. The number of hydrogen-bond acceptors (Lipinski definition) is 3. The van der Waals surface area contributed by atoms with E-state index in [1.54, 1.807) is 34.1 Å². The average Bonchev–Trinajstić information content (AvgIpc) is 3.15. The number of amides is 2. The minimum atomic E-state index is -0.297. The highest BCUT2D eigenvalue weighted by Crippen LogP contribution is 2.22. The van der Waals surface area contributed by atoms with Crippen molar-refractivity contribution in [2.75, 3.05) is 32.8 Å². The summed E-state index contributed by atoms with van der Waals surface area (Å²) in [5.41, 5.74) is 0.742. The molecule has 1 aromatic rings. The van der Waals surface area contributed by atoms with Gasteiger partial charge in [0.25, 0.3) is 5.91 Å². The lowest BCUT2D eigenvalue weighted by atomic mass is 10.2. The molecule has 0 radical (unpaired) electrons. The van der Waals surface area contributed by atoms with Crippen molar-refractivity contribution in [3.8, 4) is 0 Å². The van der Waals surface area contributed by atoms with E-state index < -0.39 is 0 Å². The average molecular weight is 383 g/mol. The van der Waals surface area contributed by atoms with E-state index in [0.717, 1.165) is 18.4 Å². The fourth-order valence-electron chi connectivity index (χ4n) is 3.03. The predicted molar refractivity (Wildman–Crippen MR) is 97.6 cm³/mol. The zero-order valence-corrected chi connectivity index (χ0v) is 15.3. The molecular formula is C18H20Cl2N2O3. The van der Waals surface area contributed by atoms with Gasteiger partial charge >= 0.3 is 0 Å². The van der Waals surface area contributed by atoms with Gasteiger partial charge in [0.2, 0.25) is 5.91 Å². The third-order valence-electron chi connectivity index (χ3n) is 4.48. The van der Waals surface area contributed by atoms with Crippen LogP contribution in [-0.4, -0.2) is 60.5 Å². The van der Waals surface area contributed by atoms with E-state index in [0.29, 0.717) is 42.8 Å². The Balaban J connectivity index is 1.52. The summed E-state index contributed by atoms with van der Waals surface area (Å²) in [5, 5.41) is 1.06. The van der Waals surface area contributed by atoms with E-state index in [2.05, 4.69) is 0 Å². The molecule has 0 aromatic heterocycles. The topological polar surface area (TPSA) is 49.9 Å². The van der Waals surface area contributed by atoms with Gasteiger partial charge in [0.15, 0.2) is 0 Å². The minimum absolute atomic E-state index is 0.0492. The maximum atomic E-state index is 12.3. The summed E-state index contributed by atoms with van der Waals surface area (Å²) in [6.07, 6.45) is 4.63. The summed E-state index contributed by atoms with van der Waals surface area (Å²) in [6, 6.07) is 5.14. The Labute approximate surface area is 157 Å². The molecule has 2 aliphatic heterocycles. The second-order valence-corrected chi connectivity index (χ2v) is 7.00. The summed E-state index contributed by atoms with van der Waals surface area (Å²) in [5.74, 6) is -0.0386. The van der Waals surface area contributed by atoms with Crippen molar-refractivity contribution in [3.63, 3.8) is 0 Å². The molecule has 1 atom stereocenters. The largest absolute Gasteiger partial charge is 0.368 e. The molecule has 134 valence electrons. The molecule has 1 unspecified atom stereocenters. The second-order valence-electron chi connectivity index (χ2n) is 6.15. The highest BCUT2D eigenvalue weighted by molar-refractivity contribution is 6.35. The highest BCUT2D eigenvalue weighted by Gasteiger charge is 2.30. The van der Waals surface area contributed by atoms with Gasteiger partial charge in [-0.1, -0.05) is 29.3 Å². The van der Waals surface area contributed by atoms with Gasteiger partial charge in [-0.25, -0.2) is 0 Å². The smallest absolute Gasteiger partial charge is 0.251 e. The Morgan fingerprint density at radius 2 is 1.84 bits per heavy atom. The van der Waals surface area contributed by atoms with E-state index in [9.17, 15) is 9.59 Å². The van der Waals surface area contributed by atoms with Crippen LogP contribution in [0, 0.1) is 0 Å². The van der Waals surface area contributed by atoms with Crippen LogP contribution in [0.4, 0.5) is 0 Å². The number of rotatable bonds is 3. The molecule has 1 aromatic carbocycles. The lowest BCUT2D eigenvalue weighted by molar-refractivity contribution is -0.144. The van der Waals surface area contributed by atoms with Gasteiger partial charge in [0, 0.05) is 48.9 Å². The van der Waals surface area contributed by atoms with Crippen LogP contribution in [-0.2, 0) is 14.3 Å².